The average Bonchev–Trinajstić information content (AvgIpc) is 2.67. The highest BCUT2D eigenvalue weighted by atomic mass is 16.7. The Morgan fingerprint density at radius 2 is 1.67 bits per heavy atom. The predicted molar refractivity (Wildman–Crippen MR) is 57.4 cm³/mol. The van der Waals surface area contributed by atoms with Gasteiger partial charge in [-0.05, 0) is 12.8 Å². The summed E-state index contributed by atoms with van der Waals surface area (Å²) in [5.74, 6) is 0.141. The molecule has 2 fully saturated rings. The van der Waals surface area contributed by atoms with E-state index in [0.717, 1.165) is 13.2 Å². The van der Waals surface area contributed by atoms with E-state index >= 15 is 0 Å². The Labute approximate surface area is 90.2 Å². The monoisotopic (exact) mass is 204 g/mol. The van der Waals surface area contributed by atoms with Gasteiger partial charge in [0.2, 0.25) is 0 Å². The van der Waals surface area contributed by atoms with Gasteiger partial charge in [0.1, 0.15) is 0 Å². The van der Waals surface area contributed by atoms with Crippen molar-refractivity contribution in [3.8, 4) is 0 Å². The van der Waals surface area contributed by atoms with E-state index in [1.54, 1.807) is 0 Å². The van der Waals surface area contributed by atoms with E-state index in [1.165, 1.54) is 24.8 Å². The van der Waals surface area contributed by atoms with Crippen molar-refractivity contribution in [1.29, 1.82) is 0 Å². The maximum absolute atomic E-state index is 5.91. The molecule has 1 aromatic rings. The first-order valence-corrected chi connectivity index (χ1v) is 5.75. The van der Waals surface area contributed by atoms with E-state index in [9.17, 15) is 0 Å². The molecular weight excluding hydrogens is 188 g/mol. The standard InChI is InChI=1S/C13H16O2/c1-2-5-11(6-3-1)13(12-7-4-8-12)14-9-10-15-13/h1-3,5-6,12H,4,7-10H2. The summed E-state index contributed by atoms with van der Waals surface area (Å²) in [6.07, 6.45) is 3.77. The van der Waals surface area contributed by atoms with Crippen LogP contribution in [0.1, 0.15) is 24.8 Å². The van der Waals surface area contributed by atoms with Crippen molar-refractivity contribution in [2.75, 3.05) is 13.2 Å². The molecule has 3 rings (SSSR count). The minimum absolute atomic E-state index is 0.417. The molecule has 1 aliphatic carbocycles. The third-order valence-corrected chi connectivity index (χ3v) is 3.54. The summed E-state index contributed by atoms with van der Waals surface area (Å²) in [4.78, 5) is 0. The summed E-state index contributed by atoms with van der Waals surface area (Å²) < 4.78 is 11.8. The van der Waals surface area contributed by atoms with E-state index in [4.69, 9.17) is 9.47 Å². The molecule has 1 saturated carbocycles. The van der Waals surface area contributed by atoms with E-state index in [1.807, 2.05) is 6.07 Å². The van der Waals surface area contributed by atoms with Crippen molar-refractivity contribution in [2.45, 2.75) is 25.0 Å². The molecule has 15 heavy (non-hydrogen) atoms. The summed E-state index contributed by atoms with van der Waals surface area (Å²) in [7, 11) is 0. The Balaban J connectivity index is 1.96. The summed E-state index contributed by atoms with van der Waals surface area (Å²) in [6, 6.07) is 10.4. The van der Waals surface area contributed by atoms with Crippen LogP contribution >= 0.6 is 0 Å². The van der Waals surface area contributed by atoms with Crippen LogP contribution in [0.3, 0.4) is 0 Å². The van der Waals surface area contributed by atoms with E-state index in [-0.39, 0.29) is 0 Å². The Bertz CT molecular complexity index is 324. The third-order valence-electron chi connectivity index (χ3n) is 3.54. The fraction of sp³-hybridized carbons (Fsp3) is 0.538. The third kappa shape index (κ3) is 1.40. The topological polar surface area (TPSA) is 18.5 Å². The summed E-state index contributed by atoms with van der Waals surface area (Å²) >= 11 is 0. The Kier molecular flexibility index (Phi) is 2.26. The lowest BCUT2D eigenvalue weighted by atomic mass is 9.76. The van der Waals surface area contributed by atoms with Gasteiger partial charge in [-0.2, -0.15) is 0 Å². The van der Waals surface area contributed by atoms with Crippen LogP contribution in [-0.2, 0) is 15.3 Å². The van der Waals surface area contributed by atoms with Crippen LogP contribution in [0.2, 0.25) is 0 Å². The fourth-order valence-electron chi connectivity index (χ4n) is 2.53. The first-order chi connectivity index (χ1) is 7.42. The molecule has 1 heterocycles. The molecule has 0 spiro atoms. The van der Waals surface area contributed by atoms with Gasteiger partial charge in [-0.3, -0.25) is 0 Å². The normalized spacial score (nSPS) is 25.1. The number of ether oxygens (including phenoxy) is 2. The van der Waals surface area contributed by atoms with Crippen molar-refractivity contribution in [1.82, 2.24) is 0 Å². The van der Waals surface area contributed by atoms with Crippen LogP contribution < -0.4 is 0 Å². The molecule has 2 heteroatoms. The summed E-state index contributed by atoms with van der Waals surface area (Å²) in [6.45, 7) is 1.46. The SMILES string of the molecule is c1ccc(C2(C3CCC3)OCCO2)cc1. The Morgan fingerprint density at radius 3 is 2.20 bits per heavy atom. The highest BCUT2D eigenvalue weighted by molar-refractivity contribution is 5.22. The zero-order valence-corrected chi connectivity index (χ0v) is 8.82. The molecule has 0 N–H and O–H groups in total. The average molecular weight is 204 g/mol. The molecule has 1 aromatic carbocycles. The maximum Gasteiger partial charge on any atom is 0.197 e. The smallest absolute Gasteiger partial charge is 0.197 e. The van der Waals surface area contributed by atoms with Gasteiger partial charge in [0, 0.05) is 11.5 Å². The van der Waals surface area contributed by atoms with Crippen molar-refractivity contribution in [3.63, 3.8) is 0 Å². The second kappa shape index (κ2) is 3.62. The van der Waals surface area contributed by atoms with Gasteiger partial charge < -0.3 is 9.47 Å². The zero-order chi connectivity index (χ0) is 10.1. The molecule has 80 valence electrons. The zero-order valence-electron chi connectivity index (χ0n) is 8.82. The molecule has 0 aromatic heterocycles. The summed E-state index contributed by atoms with van der Waals surface area (Å²) in [5, 5.41) is 0. The molecule has 0 atom stereocenters. The lowest BCUT2D eigenvalue weighted by Gasteiger charge is -2.41. The van der Waals surface area contributed by atoms with Crippen LogP contribution in [-0.4, -0.2) is 13.2 Å². The second-order valence-corrected chi connectivity index (χ2v) is 4.36. The largest absolute Gasteiger partial charge is 0.343 e. The first-order valence-electron chi connectivity index (χ1n) is 5.75. The van der Waals surface area contributed by atoms with Crippen LogP contribution in [0.5, 0.6) is 0 Å². The Morgan fingerprint density at radius 1 is 1.00 bits per heavy atom. The number of hydrogen-bond acceptors (Lipinski definition) is 2. The van der Waals surface area contributed by atoms with Gasteiger partial charge in [0.15, 0.2) is 5.79 Å². The van der Waals surface area contributed by atoms with Crippen molar-refractivity contribution < 1.29 is 9.47 Å². The quantitative estimate of drug-likeness (QED) is 0.737. The lowest BCUT2D eigenvalue weighted by molar-refractivity contribution is -0.221. The van der Waals surface area contributed by atoms with Crippen LogP contribution in [0.25, 0.3) is 0 Å². The van der Waals surface area contributed by atoms with Crippen LogP contribution in [0.4, 0.5) is 0 Å². The molecule has 1 aliphatic heterocycles. The van der Waals surface area contributed by atoms with Gasteiger partial charge in [0.25, 0.3) is 0 Å². The van der Waals surface area contributed by atoms with Crippen LogP contribution in [0, 0.1) is 5.92 Å². The molecule has 0 unspecified atom stereocenters. The van der Waals surface area contributed by atoms with E-state index < -0.39 is 5.79 Å². The van der Waals surface area contributed by atoms with Gasteiger partial charge in [-0.1, -0.05) is 36.8 Å². The predicted octanol–water partition coefficient (Wildman–Crippen LogP) is 2.69. The van der Waals surface area contributed by atoms with E-state index in [2.05, 4.69) is 24.3 Å². The van der Waals surface area contributed by atoms with Gasteiger partial charge in [-0.25, -0.2) is 0 Å². The van der Waals surface area contributed by atoms with Crippen molar-refractivity contribution in [2.24, 2.45) is 5.92 Å². The minimum Gasteiger partial charge on any atom is -0.343 e. The van der Waals surface area contributed by atoms with Gasteiger partial charge in [-0.15, -0.1) is 0 Å². The minimum atomic E-state index is -0.417. The van der Waals surface area contributed by atoms with Crippen molar-refractivity contribution in [3.05, 3.63) is 35.9 Å². The Hall–Kier alpha value is -0.860. The van der Waals surface area contributed by atoms with Crippen molar-refractivity contribution >= 4 is 0 Å². The molecule has 0 bridgehead atoms. The molecule has 2 aliphatic rings. The van der Waals surface area contributed by atoms with E-state index in [0.29, 0.717) is 5.92 Å². The number of rotatable bonds is 2. The molecule has 2 nitrogen and oxygen atoms in total. The van der Waals surface area contributed by atoms with Gasteiger partial charge in [0.05, 0.1) is 13.2 Å². The number of benzene rings is 1. The first kappa shape index (κ1) is 9.37. The number of hydrogen-bond donors (Lipinski definition) is 0. The molecule has 1 saturated heterocycles. The van der Waals surface area contributed by atoms with Gasteiger partial charge >= 0.3 is 0 Å². The molecule has 0 amide bonds. The molecular formula is C13H16O2. The maximum atomic E-state index is 5.91. The highest BCUT2D eigenvalue weighted by Crippen LogP contribution is 2.47. The second-order valence-electron chi connectivity index (χ2n) is 4.36. The fourth-order valence-corrected chi connectivity index (χ4v) is 2.53. The highest BCUT2D eigenvalue weighted by Gasteiger charge is 2.48. The lowest BCUT2D eigenvalue weighted by Crippen LogP contribution is -2.40. The summed E-state index contributed by atoms with van der Waals surface area (Å²) in [5.41, 5.74) is 1.19. The molecule has 0 radical (unpaired) electrons. The van der Waals surface area contributed by atoms with Crippen LogP contribution in [0.15, 0.2) is 30.3 Å².